The molecule has 1 saturated heterocycles. The summed E-state index contributed by atoms with van der Waals surface area (Å²) in [5, 5.41) is 11.3. The summed E-state index contributed by atoms with van der Waals surface area (Å²) in [6, 6.07) is 9.08. The first-order valence-corrected chi connectivity index (χ1v) is 10.6. The van der Waals surface area contributed by atoms with Crippen LogP contribution >= 0.6 is 0 Å². The van der Waals surface area contributed by atoms with Crippen molar-refractivity contribution >= 4 is 17.4 Å². The predicted molar refractivity (Wildman–Crippen MR) is 125 cm³/mol. The number of amides is 1. The number of rotatable bonds is 10. The van der Waals surface area contributed by atoms with Crippen LogP contribution in [0.2, 0.25) is 0 Å². The van der Waals surface area contributed by atoms with E-state index in [-0.39, 0.29) is 23.4 Å². The molecule has 1 fully saturated rings. The lowest BCUT2D eigenvalue weighted by atomic mass is 9.94. The Balaban J connectivity index is 2.21. The Labute approximate surface area is 198 Å². The maximum absolute atomic E-state index is 13.2. The molecular formula is C25H29NO8. The van der Waals surface area contributed by atoms with Gasteiger partial charge in [-0.3, -0.25) is 9.59 Å². The zero-order valence-corrected chi connectivity index (χ0v) is 19.9. The molecule has 1 aliphatic rings. The minimum atomic E-state index is -0.844. The van der Waals surface area contributed by atoms with Crippen LogP contribution in [0, 0.1) is 0 Å². The molecule has 2 aromatic rings. The number of hydrogen-bond acceptors (Lipinski definition) is 8. The molecule has 1 heterocycles. The van der Waals surface area contributed by atoms with E-state index in [9.17, 15) is 14.7 Å². The minimum Gasteiger partial charge on any atom is -0.507 e. The van der Waals surface area contributed by atoms with Crippen molar-refractivity contribution in [3.05, 3.63) is 53.1 Å². The average Bonchev–Trinajstić information content (AvgIpc) is 3.12. The largest absolute Gasteiger partial charge is 0.507 e. The summed E-state index contributed by atoms with van der Waals surface area (Å²) in [7, 11) is 7.54. The third-order valence-corrected chi connectivity index (χ3v) is 5.67. The number of methoxy groups -OCH3 is 5. The van der Waals surface area contributed by atoms with Gasteiger partial charge < -0.3 is 33.7 Å². The maximum Gasteiger partial charge on any atom is 0.295 e. The molecule has 9 heteroatoms. The van der Waals surface area contributed by atoms with Crippen LogP contribution in [0.3, 0.4) is 0 Å². The summed E-state index contributed by atoms with van der Waals surface area (Å²) in [5.74, 6) is -0.0772. The van der Waals surface area contributed by atoms with Gasteiger partial charge in [0.1, 0.15) is 17.3 Å². The van der Waals surface area contributed by atoms with E-state index in [1.807, 2.05) is 0 Å². The number of nitrogens with zero attached hydrogens (tertiary/aromatic N) is 1. The first-order valence-electron chi connectivity index (χ1n) is 10.6. The number of benzene rings is 2. The minimum absolute atomic E-state index is 0.0434. The number of ketones is 1. The van der Waals surface area contributed by atoms with Crippen LogP contribution < -0.4 is 18.9 Å². The number of carbonyl (C=O) groups excluding carboxylic acids is 2. The van der Waals surface area contributed by atoms with Gasteiger partial charge in [0.05, 0.1) is 45.6 Å². The van der Waals surface area contributed by atoms with E-state index in [2.05, 4.69) is 0 Å². The maximum atomic E-state index is 13.2. The van der Waals surface area contributed by atoms with Gasteiger partial charge in [0.2, 0.25) is 0 Å². The molecule has 0 radical (unpaired) electrons. The van der Waals surface area contributed by atoms with Crippen molar-refractivity contribution in [2.45, 2.75) is 12.5 Å². The lowest BCUT2D eigenvalue weighted by Gasteiger charge is -2.26. The van der Waals surface area contributed by atoms with E-state index in [1.54, 1.807) is 43.5 Å². The molecule has 182 valence electrons. The first kappa shape index (κ1) is 24.9. The van der Waals surface area contributed by atoms with Gasteiger partial charge >= 0.3 is 0 Å². The molecule has 1 N–H and O–H groups in total. The van der Waals surface area contributed by atoms with Crippen LogP contribution in [-0.2, 0) is 14.3 Å². The van der Waals surface area contributed by atoms with Gasteiger partial charge in [-0.2, -0.15) is 0 Å². The predicted octanol–water partition coefficient (Wildman–Crippen LogP) is 3.18. The molecule has 1 aliphatic heterocycles. The van der Waals surface area contributed by atoms with Gasteiger partial charge in [-0.25, -0.2) is 0 Å². The second kappa shape index (κ2) is 10.9. The third kappa shape index (κ3) is 4.65. The fraction of sp³-hybridized carbons (Fsp3) is 0.360. The van der Waals surface area contributed by atoms with Gasteiger partial charge in [0.15, 0.2) is 11.5 Å². The summed E-state index contributed by atoms with van der Waals surface area (Å²) in [6.07, 6.45) is 0.513. The molecule has 0 aliphatic carbocycles. The number of carbonyl (C=O) groups is 2. The highest BCUT2D eigenvalue weighted by Crippen LogP contribution is 2.43. The quantitative estimate of drug-likeness (QED) is 0.244. The lowest BCUT2D eigenvalue weighted by molar-refractivity contribution is -0.140. The summed E-state index contributed by atoms with van der Waals surface area (Å²) < 4.78 is 26.5. The number of ether oxygens (including phenoxy) is 5. The van der Waals surface area contributed by atoms with Crippen molar-refractivity contribution in [2.24, 2.45) is 0 Å². The molecule has 1 atom stereocenters. The van der Waals surface area contributed by atoms with Crippen LogP contribution in [0.5, 0.6) is 23.0 Å². The number of aliphatic hydroxyl groups excluding tert-OH is 1. The summed E-state index contributed by atoms with van der Waals surface area (Å²) in [5.41, 5.74) is 0.810. The molecule has 0 saturated carbocycles. The molecule has 1 amide bonds. The number of aliphatic hydroxyl groups is 1. The van der Waals surface area contributed by atoms with Gasteiger partial charge in [0, 0.05) is 26.3 Å². The highest BCUT2D eigenvalue weighted by Gasteiger charge is 2.46. The first-order chi connectivity index (χ1) is 16.4. The molecule has 0 bridgehead atoms. The Bertz CT molecular complexity index is 1090. The molecule has 3 rings (SSSR count). The van der Waals surface area contributed by atoms with E-state index < -0.39 is 17.7 Å². The summed E-state index contributed by atoms with van der Waals surface area (Å²) >= 11 is 0. The van der Waals surface area contributed by atoms with Gasteiger partial charge in [0.25, 0.3) is 11.7 Å². The average molecular weight is 472 g/mol. The van der Waals surface area contributed by atoms with Crippen molar-refractivity contribution in [1.82, 2.24) is 4.90 Å². The molecule has 0 spiro atoms. The number of Topliss-reactive ketones (excluding diaryl/α,β-unsaturated/α-hetero) is 1. The van der Waals surface area contributed by atoms with Crippen LogP contribution in [0.15, 0.2) is 42.0 Å². The zero-order chi connectivity index (χ0) is 24.8. The van der Waals surface area contributed by atoms with Gasteiger partial charge in [-0.1, -0.05) is 6.07 Å². The van der Waals surface area contributed by atoms with Gasteiger partial charge in [-0.15, -0.1) is 0 Å². The van der Waals surface area contributed by atoms with Crippen molar-refractivity contribution in [3.63, 3.8) is 0 Å². The second-order valence-electron chi connectivity index (χ2n) is 7.52. The monoisotopic (exact) mass is 471 g/mol. The molecule has 34 heavy (non-hydrogen) atoms. The van der Waals surface area contributed by atoms with E-state index in [1.165, 1.54) is 33.3 Å². The van der Waals surface area contributed by atoms with Crippen molar-refractivity contribution < 1.29 is 38.4 Å². The Morgan fingerprint density at radius 3 is 2.21 bits per heavy atom. The molecular weight excluding hydrogens is 442 g/mol. The topological polar surface area (TPSA) is 104 Å². The Kier molecular flexibility index (Phi) is 8.01. The van der Waals surface area contributed by atoms with Crippen LogP contribution in [0.1, 0.15) is 23.6 Å². The van der Waals surface area contributed by atoms with Crippen LogP contribution in [-0.4, -0.2) is 70.4 Å². The number of likely N-dealkylation sites (tertiary alicyclic amines) is 1. The van der Waals surface area contributed by atoms with Crippen molar-refractivity contribution in [3.8, 4) is 23.0 Å². The Morgan fingerprint density at radius 2 is 1.59 bits per heavy atom. The summed E-state index contributed by atoms with van der Waals surface area (Å²) in [6.45, 7) is 0.669. The molecule has 0 aromatic heterocycles. The SMILES string of the molecule is COCCCN1C(=O)C(=O)/C(=C(/O)c2ccc(OC)cc2OC)C1c1ccc(OC)c(OC)c1. The molecule has 1 unspecified atom stereocenters. The second-order valence-corrected chi connectivity index (χ2v) is 7.52. The normalized spacial score (nSPS) is 17.1. The fourth-order valence-electron chi connectivity index (χ4n) is 4.00. The van der Waals surface area contributed by atoms with Crippen LogP contribution in [0.4, 0.5) is 0 Å². The smallest absolute Gasteiger partial charge is 0.295 e. The van der Waals surface area contributed by atoms with E-state index >= 15 is 0 Å². The van der Waals surface area contributed by atoms with E-state index in [0.717, 1.165) is 0 Å². The summed E-state index contributed by atoms with van der Waals surface area (Å²) in [4.78, 5) is 27.7. The van der Waals surface area contributed by atoms with E-state index in [0.29, 0.717) is 41.6 Å². The van der Waals surface area contributed by atoms with Crippen LogP contribution in [0.25, 0.3) is 5.76 Å². The van der Waals surface area contributed by atoms with Crippen molar-refractivity contribution in [2.75, 3.05) is 48.7 Å². The highest BCUT2D eigenvalue weighted by atomic mass is 16.5. The van der Waals surface area contributed by atoms with Gasteiger partial charge in [-0.05, 0) is 36.2 Å². The third-order valence-electron chi connectivity index (χ3n) is 5.67. The Morgan fingerprint density at radius 1 is 0.882 bits per heavy atom. The number of hydrogen-bond donors (Lipinski definition) is 1. The Hall–Kier alpha value is -3.72. The van der Waals surface area contributed by atoms with Crippen molar-refractivity contribution in [1.29, 1.82) is 0 Å². The fourth-order valence-corrected chi connectivity index (χ4v) is 4.00. The zero-order valence-electron chi connectivity index (χ0n) is 19.9. The van der Waals surface area contributed by atoms with E-state index in [4.69, 9.17) is 23.7 Å². The lowest BCUT2D eigenvalue weighted by Crippen LogP contribution is -2.31. The highest BCUT2D eigenvalue weighted by molar-refractivity contribution is 6.46. The molecule has 2 aromatic carbocycles. The standard InChI is InChI=1S/C25H29NO8/c1-30-12-6-11-26-22(15-7-10-18(32-3)20(13-15)34-5)21(24(28)25(26)29)23(27)17-9-8-16(31-2)14-19(17)33-4/h7-10,13-14,22,27H,6,11-12H2,1-5H3/b23-21+. The molecule has 9 nitrogen and oxygen atoms in total.